The van der Waals surface area contributed by atoms with Crippen molar-refractivity contribution in [2.75, 3.05) is 19.6 Å². The lowest BCUT2D eigenvalue weighted by atomic mass is 10.0. The van der Waals surface area contributed by atoms with Gasteiger partial charge >= 0.3 is 6.03 Å². The summed E-state index contributed by atoms with van der Waals surface area (Å²) in [7, 11) is 0. The number of carbonyl (C=O) groups excluding carboxylic acids is 2. The number of hydrogen-bond donors (Lipinski definition) is 2. The molecule has 0 radical (unpaired) electrons. The van der Waals surface area contributed by atoms with Gasteiger partial charge in [0.1, 0.15) is 6.04 Å². The van der Waals surface area contributed by atoms with Gasteiger partial charge in [-0.25, -0.2) is 4.79 Å². The van der Waals surface area contributed by atoms with Crippen molar-refractivity contribution in [1.82, 2.24) is 15.5 Å². The number of carbonyl (C=O) groups is 2. The van der Waals surface area contributed by atoms with Crippen LogP contribution in [0.3, 0.4) is 0 Å². The molecule has 1 aliphatic heterocycles. The number of likely N-dealkylation sites (tertiary alicyclic amines) is 1. The Bertz CT molecular complexity index is 496. The number of benzene rings is 1. The first-order valence-electron chi connectivity index (χ1n) is 8.60. The molecule has 1 heterocycles. The van der Waals surface area contributed by atoms with Crippen LogP contribution in [0.5, 0.6) is 0 Å². The predicted octanol–water partition coefficient (Wildman–Crippen LogP) is 2.84. The molecule has 5 nitrogen and oxygen atoms in total. The Hall–Kier alpha value is -1.88. The van der Waals surface area contributed by atoms with Crippen LogP contribution in [-0.4, -0.2) is 36.5 Å². The molecule has 1 fully saturated rings. The Labute approximate surface area is 138 Å². The average molecular weight is 317 g/mol. The zero-order valence-corrected chi connectivity index (χ0v) is 13.9. The molecule has 0 spiro atoms. The third-order valence-electron chi connectivity index (χ3n) is 4.19. The molecule has 0 aliphatic carbocycles. The zero-order valence-electron chi connectivity index (χ0n) is 13.9. The van der Waals surface area contributed by atoms with Crippen LogP contribution in [0.4, 0.5) is 4.79 Å². The van der Waals surface area contributed by atoms with Crippen LogP contribution in [0.1, 0.15) is 50.6 Å². The van der Waals surface area contributed by atoms with Crippen LogP contribution in [-0.2, 0) is 4.79 Å². The van der Waals surface area contributed by atoms with Gasteiger partial charge in [-0.3, -0.25) is 15.0 Å². The minimum atomic E-state index is -0.425. The van der Waals surface area contributed by atoms with Gasteiger partial charge < -0.3 is 5.32 Å². The van der Waals surface area contributed by atoms with Crippen LogP contribution in [0.15, 0.2) is 30.3 Å². The highest BCUT2D eigenvalue weighted by Gasteiger charge is 2.28. The molecular formula is C18H27N3O2. The monoisotopic (exact) mass is 317 g/mol. The molecule has 2 rings (SSSR count). The molecule has 0 unspecified atom stereocenters. The second-order valence-corrected chi connectivity index (χ2v) is 5.97. The van der Waals surface area contributed by atoms with E-state index in [0.29, 0.717) is 6.54 Å². The Morgan fingerprint density at radius 2 is 1.65 bits per heavy atom. The third-order valence-corrected chi connectivity index (χ3v) is 4.19. The summed E-state index contributed by atoms with van der Waals surface area (Å²) >= 11 is 0. The van der Waals surface area contributed by atoms with Gasteiger partial charge in [0.25, 0.3) is 0 Å². The largest absolute Gasteiger partial charge is 0.338 e. The Balaban J connectivity index is 2.17. The number of rotatable bonds is 4. The molecule has 1 aliphatic rings. The summed E-state index contributed by atoms with van der Waals surface area (Å²) in [4.78, 5) is 26.7. The maximum atomic E-state index is 12.7. The molecule has 5 heteroatoms. The average Bonchev–Trinajstić information content (AvgIpc) is 2.50. The summed E-state index contributed by atoms with van der Waals surface area (Å²) in [5.74, 6) is -0.247. The number of nitrogens with zero attached hydrogens (tertiary/aromatic N) is 1. The summed E-state index contributed by atoms with van der Waals surface area (Å²) < 4.78 is 0. The number of amides is 3. The minimum Gasteiger partial charge on any atom is -0.338 e. The molecule has 23 heavy (non-hydrogen) atoms. The molecule has 0 aromatic heterocycles. The highest BCUT2D eigenvalue weighted by atomic mass is 16.2. The smallest absolute Gasteiger partial charge is 0.321 e. The molecule has 0 bridgehead atoms. The molecule has 1 aromatic rings. The maximum absolute atomic E-state index is 12.7. The van der Waals surface area contributed by atoms with Crippen LogP contribution in [0.25, 0.3) is 0 Å². The van der Waals surface area contributed by atoms with Crippen LogP contribution >= 0.6 is 0 Å². The van der Waals surface area contributed by atoms with Gasteiger partial charge in [0.2, 0.25) is 5.91 Å². The first kappa shape index (κ1) is 17.5. The van der Waals surface area contributed by atoms with E-state index in [4.69, 9.17) is 0 Å². The van der Waals surface area contributed by atoms with E-state index < -0.39 is 12.1 Å². The van der Waals surface area contributed by atoms with Crippen molar-refractivity contribution >= 4 is 11.9 Å². The third kappa shape index (κ3) is 5.36. The van der Waals surface area contributed by atoms with Crippen molar-refractivity contribution in [1.29, 1.82) is 0 Å². The van der Waals surface area contributed by atoms with E-state index in [1.807, 2.05) is 37.3 Å². The molecule has 1 atom stereocenters. The number of nitrogens with one attached hydrogen (secondary N) is 2. The van der Waals surface area contributed by atoms with Crippen LogP contribution < -0.4 is 10.6 Å². The summed E-state index contributed by atoms with van der Waals surface area (Å²) in [6, 6.07) is 8.90. The number of urea groups is 1. The minimum absolute atomic E-state index is 0.247. The standard InChI is InChI=1S/C18H27N3O2/c1-2-19-18(23)20-17(22)16(15-11-7-6-8-12-15)21-13-9-4-3-5-10-14-21/h6-8,11-12,16H,2-5,9-10,13-14H2,1H3,(H2,19,20,22,23)/t16-/m0/s1. The van der Waals surface area contributed by atoms with Gasteiger partial charge in [-0.1, -0.05) is 49.6 Å². The van der Waals surface area contributed by atoms with Crippen molar-refractivity contribution in [2.24, 2.45) is 0 Å². The van der Waals surface area contributed by atoms with Crippen molar-refractivity contribution in [3.8, 4) is 0 Å². The predicted molar refractivity (Wildman–Crippen MR) is 91.1 cm³/mol. The van der Waals surface area contributed by atoms with Gasteiger partial charge in [0, 0.05) is 6.54 Å². The summed E-state index contributed by atoms with van der Waals surface area (Å²) in [5, 5.41) is 5.10. The van der Waals surface area contributed by atoms with E-state index in [9.17, 15) is 9.59 Å². The Kier molecular flexibility index (Phi) is 7.07. The van der Waals surface area contributed by atoms with Crippen molar-refractivity contribution < 1.29 is 9.59 Å². The van der Waals surface area contributed by atoms with Crippen molar-refractivity contribution in [2.45, 2.75) is 45.1 Å². The molecule has 3 amide bonds. The van der Waals surface area contributed by atoms with E-state index in [1.54, 1.807) is 0 Å². The first-order chi connectivity index (χ1) is 11.2. The van der Waals surface area contributed by atoms with Gasteiger partial charge in [-0.2, -0.15) is 0 Å². The lowest BCUT2D eigenvalue weighted by Crippen LogP contribution is -2.47. The molecule has 126 valence electrons. The van der Waals surface area contributed by atoms with Crippen LogP contribution in [0, 0.1) is 0 Å². The fraction of sp³-hybridized carbons (Fsp3) is 0.556. The fourth-order valence-electron chi connectivity index (χ4n) is 3.08. The summed E-state index contributed by atoms with van der Waals surface area (Å²) in [6.07, 6.45) is 5.87. The highest BCUT2D eigenvalue weighted by molar-refractivity contribution is 5.97. The van der Waals surface area contributed by atoms with Crippen LogP contribution in [0.2, 0.25) is 0 Å². The molecule has 1 aromatic carbocycles. The Morgan fingerprint density at radius 1 is 1.04 bits per heavy atom. The lowest BCUT2D eigenvalue weighted by molar-refractivity contribution is -0.125. The van der Waals surface area contributed by atoms with Gasteiger partial charge in [-0.05, 0) is 38.4 Å². The number of imide groups is 1. The van der Waals surface area contributed by atoms with E-state index in [-0.39, 0.29) is 5.91 Å². The quantitative estimate of drug-likeness (QED) is 0.897. The second-order valence-electron chi connectivity index (χ2n) is 5.97. The maximum Gasteiger partial charge on any atom is 0.321 e. The van der Waals surface area contributed by atoms with E-state index in [1.165, 1.54) is 19.3 Å². The van der Waals surface area contributed by atoms with Gasteiger partial charge in [-0.15, -0.1) is 0 Å². The zero-order chi connectivity index (χ0) is 16.5. The summed E-state index contributed by atoms with van der Waals surface area (Å²) in [5.41, 5.74) is 0.940. The topological polar surface area (TPSA) is 61.4 Å². The second kappa shape index (κ2) is 9.30. The first-order valence-corrected chi connectivity index (χ1v) is 8.60. The van der Waals surface area contributed by atoms with E-state index >= 15 is 0 Å². The summed E-state index contributed by atoms with van der Waals surface area (Å²) in [6.45, 7) is 4.11. The molecule has 2 N–H and O–H groups in total. The van der Waals surface area contributed by atoms with E-state index in [0.717, 1.165) is 31.5 Å². The molecular weight excluding hydrogens is 290 g/mol. The SMILES string of the molecule is CCNC(=O)NC(=O)[C@H](c1ccccc1)N1CCCCCCC1. The van der Waals surface area contributed by atoms with Crippen molar-refractivity contribution in [3.63, 3.8) is 0 Å². The highest BCUT2D eigenvalue weighted by Crippen LogP contribution is 2.24. The van der Waals surface area contributed by atoms with Gasteiger partial charge in [0.05, 0.1) is 0 Å². The molecule has 0 saturated carbocycles. The molecule has 1 saturated heterocycles. The van der Waals surface area contributed by atoms with Gasteiger partial charge in [0.15, 0.2) is 0 Å². The lowest BCUT2D eigenvalue weighted by Gasteiger charge is -2.32. The fourth-order valence-corrected chi connectivity index (χ4v) is 3.08. The number of hydrogen-bond acceptors (Lipinski definition) is 3. The van der Waals surface area contributed by atoms with Crippen molar-refractivity contribution in [3.05, 3.63) is 35.9 Å². The normalized spacial score (nSPS) is 17.6. The Morgan fingerprint density at radius 3 is 2.26 bits per heavy atom. The van der Waals surface area contributed by atoms with E-state index in [2.05, 4.69) is 15.5 Å².